The van der Waals surface area contributed by atoms with Gasteiger partial charge in [0.1, 0.15) is 5.57 Å². The number of nitrogens with one attached hydrogen (secondary N) is 1. The number of methoxy groups -OCH3 is 2. The van der Waals surface area contributed by atoms with E-state index in [1.807, 2.05) is 11.8 Å². The van der Waals surface area contributed by atoms with E-state index < -0.39 is 12.1 Å². The van der Waals surface area contributed by atoms with E-state index in [-0.39, 0.29) is 17.5 Å². The second-order valence-electron chi connectivity index (χ2n) is 5.80. The Kier molecular flexibility index (Phi) is 6.44. The SMILES string of the molecule is COC(=O)C1=C=CC=C(OC(C)C(=O)N2CCNCC2C)C(OC)=C1. The Balaban J connectivity index is 2.11. The van der Waals surface area contributed by atoms with Gasteiger partial charge in [-0.15, -0.1) is 5.73 Å². The highest BCUT2D eigenvalue weighted by atomic mass is 16.5. The Labute approximate surface area is 147 Å². The third-order valence-electron chi connectivity index (χ3n) is 4.05. The summed E-state index contributed by atoms with van der Waals surface area (Å²) < 4.78 is 15.8. The van der Waals surface area contributed by atoms with E-state index in [4.69, 9.17) is 14.2 Å². The molecule has 7 nitrogen and oxygen atoms in total. The molecule has 1 fully saturated rings. The van der Waals surface area contributed by atoms with Gasteiger partial charge in [0.25, 0.3) is 5.91 Å². The van der Waals surface area contributed by atoms with Crippen molar-refractivity contribution < 1.29 is 23.8 Å². The Morgan fingerprint density at radius 3 is 2.76 bits per heavy atom. The van der Waals surface area contributed by atoms with Crippen LogP contribution in [-0.2, 0) is 23.8 Å². The first-order valence-corrected chi connectivity index (χ1v) is 8.17. The standard InChI is InChI=1S/C18H24N2O5/c1-12-11-19-8-9-20(12)17(21)13(2)25-15-7-5-6-14(18(22)24-4)10-16(15)23-3/h5,7,10,12-13,19H,8-9,11H2,1-4H3. The predicted molar refractivity (Wildman–Crippen MR) is 91.4 cm³/mol. The lowest BCUT2D eigenvalue weighted by atomic mass is 10.2. The molecule has 136 valence electrons. The van der Waals surface area contributed by atoms with Gasteiger partial charge in [-0.1, -0.05) is 0 Å². The molecule has 1 aliphatic heterocycles. The Hall–Kier alpha value is -2.50. The van der Waals surface area contributed by atoms with Gasteiger partial charge in [0.2, 0.25) is 0 Å². The molecule has 2 unspecified atom stereocenters. The molecule has 0 aromatic heterocycles. The van der Waals surface area contributed by atoms with Gasteiger partial charge in [-0.3, -0.25) is 4.79 Å². The zero-order valence-corrected chi connectivity index (χ0v) is 15.0. The van der Waals surface area contributed by atoms with Crippen molar-refractivity contribution in [2.24, 2.45) is 0 Å². The summed E-state index contributed by atoms with van der Waals surface area (Å²) in [5.74, 6) is 0.0751. The molecule has 1 heterocycles. The lowest BCUT2D eigenvalue weighted by Crippen LogP contribution is -2.54. The van der Waals surface area contributed by atoms with E-state index in [1.54, 1.807) is 13.0 Å². The molecule has 0 aromatic carbocycles. The van der Waals surface area contributed by atoms with Gasteiger partial charge >= 0.3 is 5.97 Å². The van der Waals surface area contributed by atoms with Gasteiger partial charge in [0.05, 0.1) is 14.2 Å². The molecule has 2 atom stereocenters. The topological polar surface area (TPSA) is 77.1 Å². The maximum atomic E-state index is 12.7. The molecule has 2 rings (SSSR count). The fraction of sp³-hybridized carbons (Fsp3) is 0.500. The van der Waals surface area contributed by atoms with Crippen LogP contribution in [0.2, 0.25) is 0 Å². The minimum atomic E-state index is -0.682. The molecule has 1 N–H and O–H groups in total. The number of amides is 1. The number of piperazine rings is 1. The number of rotatable bonds is 5. The van der Waals surface area contributed by atoms with Gasteiger partial charge < -0.3 is 24.4 Å². The first-order chi connectivity index (χ1) is 12.0. The van der Waals surface area contributed by atoms with Gasteiger partial charge in [0.15, 0.2) is 17.6 Å². The number of nitrogens with zero attached hydrogens (tertiary/aromatic N) is 1. The van der Waals surface area contributed by atoms with Crippen LogP contribution in [-0.4, -0.2) is 62.8 Å². The van der Waals surface area contributed by atoms with E-state index in [0.29, 0.717) is 18.1 Å². The van der Waals surface area contributed by atoms with E-state index in [1.165, 1.54) is 26.4 Å². The highest BCUT2D eigenvalue weighted by Crippen LogP contribution is 2.21. The van der Waals surface area contributed by atoms with E-state index in [9.17, 15) is 9.59 Å². The largest absolute Gasteiger partial charge is 0.493 e. The number of hydrogen-bond donors (Lipinski definition) is 1. The minimum Gasteiger partial charge on any atom is -0.493 e. The lowest BCUT2D eigenvalue weighted by molar-refractivity contribution is -0.143. The molecular weight excluding hydrogens is 324 g/mol. The third kappa shape index (κ3) is 4.53. The highest BCUT2D eigenvalue weighted by molar-refractivity contribution is 5.91. The fourth-order valence-electron chi connectivity index (χ4n) is 2.66. The van der Waals surface area contributed by atoms with Crippen molar-refractivity contribution in [2.75, 3.05) is 33.9 Å². The third-order valence-corrected chi connectivity index (χ3v) is 4.05. The van der Waals surface area contributed by atoms with Crippen LogP contribution in [0.15, 0.2) is 41.1 Å². The van der Waals surface area contributed by atoms with Crippen molar-refractivity contribution in [3.63, 3.8) is 0 Å². The van der Waals surface area contributed by atoms with Crippen molar-refractivity contribution >= 4 is 11.9 Å². The van der Waals surface area contributed by atoms with Gasteiger partial charge in [-0.25, -0.2) is 4.79 Å². The summed E-state index contributed by atoms with van der Waals surface area (Å²) in [6, 6.07) is 0.111. The molecule has 1 amide bonds. The number of hydrogen-bond acceptors (Lipinski definition) is 6. The highest BCUT2D eigenvalue weighted by Gasteiger charge is 2.29. The van der Waals surface area contributed by atoms with Gasteiger partial charge in [0, 0.05) is 31.8 Å². The number of ether oxygens (including phenoxy) is 3. The second-order valence-corrected chi connectivity index (χ2v) is 5.80. The van der Waals surface area contributed by atoms with E-state index in [0.717, 1.165) is 13.1 Å². The summed E-state index contributed by atoms with van der Waals surface area (Å²) in [6.45, 7) is 5.88. The normalized spacial score (nSPS) is 21.4. The second kappa shape index (κ2) is 8.55. The molecule has 0 spiro atoms. The Morgan fingerprint density at radius 1 is 1.36 bits per heavy atom. The van der Waals surface area contributed by atoms with Crippen molar-refractivity contribution in [3.05, 3.63) is 41.1 Å². The molecule has 1 aliphatic carbocycles. The first-order valence-electron chi connectivity index (χ1n) is 8.17. The van der Waals surface area contributed by atoms with Crippen LogP contribution < -0.4 is 5.32 Å². The van der Waals surface area contributed by atoms with Crippen LogP contribution >= 0.6 is 0 Å². The summed E-state index contributed by atoms with van der Waals surface area (Å²) >= 11 is 0. The molecule has 0 aromatic rings. The number of carbonyl (C=O) groups excluding carboxylic acids is 2. The number of esters is 1. The molecule has 7 heteroatoms. The Morgan fingerprint density at radius 2 is 2.12 bits per heavy atom. The van der Waals surface area contributed by atoms with Crippen LogP contribution in [0.1, 0.15) is 13.8 Å². The lowest BCUT2D eigenvalue weighted by Gasteiger charge is -2.35. The van der Waals surface area contributed by atoms with Gasteiger partial charge in [-0.2, -0.15) is 0 Å². The maximum absolute atomic E-state index is 12.7. The van der Waals surface area contributed by atoms with Crippen LogP contribution in [0.4, 0.5) is 0 Å². The van der Waals surface area contributed by atoms with Crippen molar-refractivity contribution in [1.29, 1.82) is 0 Å². The summed E-state index contributed by atoms with van der Waals surface area (Å²) in [7, 11) is 2.76. The van der Waals surface area contributed by atoms with Crippen LogP contribution in [0, 0.1) is 0 Å². The van der Waals surface area contributed by atoms with Crippen LogP contribution in [0.3, 0.4) is 0 Å². The molecule has 25 heavy (non-hydrogen) atoms. The quantitative estimate of drug-likeness (QED) is 0.587. The fourth-order valence-corrected chi connectivity index (χ4v) is 2.66. The summed E-state index contributed by atoms with van der Waals surface area (Å²) in [6.07, 6.45) is 3.94. The first kappa shape index (κ1) is 18.8. The molecule has 0 saturated carbocycles. The van der Waals surface area contributed by atoms with Crippen LogP contribution in [0.25, 0.3) is 0 Å². The maximum Gasteiger partial charge on any atom is 0.345 e. The average molecular weight is 348 g/mol. The van der Waals surface area contributed by atoms with E-state index >= 15 is 0 Å². The molecule has 1 saturated heterocycles. The predicted octanol–water partition coefficient (Wildman–Crippen LogP) is 0.894. The molecule has 0 radical (unpaired) electrons. The summed E-state index contributed by atoms with van der Waals surface area (Å²) in [5.41, 5.74) is 3.01. The monoisotopic (exact) mass is 348 g/mol. The summed E-state index contributed by atoms with van der Waals surface area (Å²) in [4.78, 5) is 26.2. The number of allylic oxidation sites excluding steroid dienone is 1. The average Bonchev–Trinajstić information content (AvgIpc) is 2.83. The number of carbonyl (C=O) groups is 2. The molecule has 0 bridgehead atoms. The minimum absolute atomic E-state index is 0.0836. The van der Waals surface area contributed by atoms with Crippen LogP contribution in [0.5, 0.6) is 0 Å². The Bertz CT molecular complexity index is 658. The molecular formula is C18H24N2O5. The van der Waals surface area contributed by atoms with E-state index in [2.05, 4.69) is 11.0 Å². The van der Waals surface area contributed by atoms with Gasteiger partial charge in [-0.05, 0) is 26.0 Å². The zero-order chi connectivity index (χ0) is 18.4. The summed E-state index contributed by atoms with van der Waals surface area (Å²) in [5, 5.41) is 3.25. The van der Waals surface area contributed by atoms with Crippen molar-refractivity contribution in [1.82, 2.24) is 10.2 Å². The zero-order valence-electron chi connectivity index (χ0n) is 15.0. The smallest absolute Gasteiger partial charge is 0.345 e. The molecule has 2 aliphatic rings. The van der Waals surface area contributed by atoms with Crippen molar-refractivity contribution in [2.45, 2.75) is 26.0 Å². The van der Waals surface area contributed by atoms with Crippen molar-refractivity contribution in [3.8, 4) is 0 Å².